The Morgan fingerprint density at radius 1 is 1.00 bits per heavy atom. The van der Waals surface area contributed by atoms with Crippen molar-refractivity contribution in [1.82, 2.24) is 14.8 Å². The number of nitrogens with zero attached hydrogens (tertiary/aromatic N) is 2. The molecule has 6 nitrogen and oxygen atoms in total. The van der Waals surface area contributed by atoms with Crippen LogP contribution in [0.4, 0.5) is 0 Å². The lowest BCUT2D eigenvalue weighted by atomic mass is 9.95. The quantitative estimate of drug-likeness (QED) is 0.849. The number of H-pyrrole nitrogens is 1. The minimum Gasteiger partial charge on any atom is -0.361 e. The van der Waals surface area contributed by atoms with E-state index in [4.69, 9.17) is 0 Å². The summed E-state index contributed by atoms with van der Waals surface area (Å²) >= 11 is 0. The van der Waals surface area contributed by atoms with Gasteiger partial charge in [-0.3, -0.25) is 19.3 Å². The zero-order valence-corrected chi connectivity index (χ0v) is 15.2. The molecule has 0 aliphatic carbocycles. The fourth-order valence-corrected chi connectivity index (χ4v) is 5.30. The number of carbonyl (C=O) groups is 3. The highest BCUT2D eigenvalue weighted by atomic mass is 16.2. The maximum atomic E-state index is 13.1. The zero-order valence-electron chi connectivity index (χ0n) is 15.2. The summed E-state index contributed by atoms with van der Waals surface area (Å²) in [5.41, 5.74) is 2.08. The Bertz CT molecular complexity index is 904. The Hall–Kier alpha value is -2.63. The molecule has 0 radical (unpaired) electrons. The molecule has 3 saturated heterocycles. The molecule has 0 spiro atoms. The zero-order chi connectivity index (χ0) is 18.5. The molecule has 4 heterocycles. The second-order valence-corrected chi connectivity index (χ2v) is 8.00. The summed E-state index contributed by atoms with van der Waals surface area (Å²) in [4.78, 5) is 44.0. The maximum absolute atomic E-state index is 13.1. The molecule has 2 bridgehead atoms. The molecule has 3 aliphatic rings. The van der Waals surface area contributed by atoms with E-state index in [0.717, 1.165) is 42.1 Å². The van der Waals surface area contributed by atoms with Crippen molar-refractivity contribution in [3.05, 3.63) is 36.0 Å². The predicted octanol–water partition coefficient (Wildman–Crippen LogP) is 2.38. The molecular formula is C21H23N3O3. The van der Waals surface area contributed by atoms with Crippen molar-refractivity contribution in [2.75, 3.05) is 0 Å². The third kappa shape index (κ3) is 2.66. The van der Waals surface area contributed by atoms with Gasteiger partial charge in [-0.2, -0.15) is 0 Å². The summed E-state index contributed by atoms with van der Waals surface area (Å²) in [6.07, 6.45) is 6.40. The summed E-state index contributed by atoms with van der Waals surface area (Å²) in [7, 11) is 0. The lowest BCUT2D eigenvalue weighted by Crippen LogP contribution is -2.54. The second-order valence-electron chi connectivity index (χ2n) is 8.00. The molecule has 1 N–H and O–H groups in total. The van der Waals surface area contributed by atoms with E-state index in [1.165, 1.54) is 4.90 Å². The summed E-state index contributed by atoms with van der Waals surface area (Å²) in [5.74, 6) is 0.0794. The van der Waals surface area contributed by atoms with Crippen molar-refractivity contribution in [2.24, 2.45) is 0 Å². The van der Waals surface area contributed by atoms with Crippen molar-refractivity contribution in [2.45, 2.75) is 63.1 Å². The first kappa shape index (κ1) is 16.5. The van der Waals surface area contributed by atoms with Gasteiger partial charge in [0.15, 0.2) is 0 Å². The molecular weight excluding hydrogens is 342 g/mol. The molecule has 27 heavy (non-hydrogen) atoms. The average Bonchev–Trinajstić information content (AvgIpc) is 3.30. The molecule has 1 aromatic heterocycles. The van der Waals surface area contributed by atoms with Crippen molar-refractivity contribution in [3.63, 3.8) is 0 Å². The van der Waals surface area contributed by atoms with E-state index in [1.54, 1.807) is 0 Å². The van der Waals surface area contributed by atoms with Crippen molar-refractivity contribution in [1.29, 1.82) is 0 Å². The number of likely N-dealkylation sites (tertiary alicyclic amines) is 1. The summed E-state index contributed by atoms with van der Waals surface area (Å²) in [6.45, 7) is 0. The third-order valence-electron chi connectivity index (χ3n) is 6.47. The fourth-order valence-electron chi connectivity index (χ4n) is 5.30. The number of imide groups is 1. The van der Waals surface area contributed by atoms with Crippen molar-refractivity contribution >= 4 is 28.6 Å². The number of benzene rings is 1. The van der Waals surface area contributed by atoms with Gasteiger partial charge in [0, 0.05) is 48.1 Å². The predicted molar refractivity (Wildman–Crippen MR) is 99.8 cm³/mol. The lowest BCUT2D eigenvalue weighted by molar-refractivity contribution is -0.144. The Morgan fingerprint density at radius 3 is 2.37 bits per heavy atom. The molecule has 3 amide bonds. The fraction of sp³-hybridized carbons (Fsp3) is 0.476. The number of rotatable bonds is 3. The Labute approximate surface area is 157 Å². The van der Waals surface area contributed by atoms with Crippen LogP contribution in [0.15, 0.2) is 30.5 Å². The molecule has 2 aromatic rings. The van der Waals surface area contributed by atoms with E-state index in [-0.39, 0.29) is 35.8 Å². The number of piperidine rings is 1. The number of fused-ring (bicyclic) bond motifs is 3. The summed E-state index contributed by atoms with van der Waals surface area (Å²) < 4.78 is 0. The minimum atomic E-state index is -0.0389. The van der Waals surface area contributed by atoms with Crippen LogP contribution >= 0.6 is 0 Å². The topological polar surface area (TPSA) is 73.5 Å². The van der Waals surface area contributed by atoms with Gasteiger partial charge in [0.2, 0.25) is 17.7 Å². The Kier molecular flexibility index (Phi) is 3.81. The van der Waals surface area contributed by atoms with E-state index in [0.29, 0.717) is 19.3 Å². The van der Waals surface area contributed by atoms with E-state index in [9.17, 15) is 14.4 Å². The molecule has 3 aliphatic heterocycles. The van der Waals surface area contributed by atoms with Gasteiger partial charge in [-0.05, 0) is 37.3 Å². The van der Waals surface area contributed by atoms with Crippen LogP contribution in [0.3, 0.4) is 0 Å². The van der Waals surface area contributed by atoms with Crippen molar-refractivity contribution < 1.29 is 14.4 Å². The first-order valence-corrected chi connectivity index (χ1v) is 9.83. The summed E-state index contributed by atoms with van der Waals surface area (Å²) in [6, 6.07) is 8.30. The van der Waals surface area contributed by atoms with Crippen LogP contribution in [-0.2, 0) is 20.8 Å². The van der Waals surface area contributed by atoms with Crippen LogP contribution in [0.5, 0.6) is 0 Å². The normalized spacial score (nSPS) is 27.8. The van der Waals surface area contributed by atoms with Gasteiger partial charge >= 0.3 is 0 Å². The van der Waals surface area contributed by atoms with Gasteiger partial charge in [-0.25, -0.2) is 0 Å². The lowest BCUT2D eigenvalue weighted by Gasteiger charge is -2.41. The highest BCUT2D eigenvalue weighted by Gasteiger charge is 2.47. The molecule has 140 valence electrons. The number of carbonyl (C=O) groups excluding carboxylic acids is 3. The van der Waals surface area contributed by atoms with Gasteiger partial charge in [-0.1, -0.05) is 18.2 Å². The SMILES string of the molecule is O=C1CCC(=O)N1C1CC2CCC(C1)N2C(=O)Cc1c[nH]c2ccccc12. The summed E-state index contributed by atoms with van der Waals surface area (Å²) in [5, 5.41) is 1.10. The Morgan fingerprint density at radius 2 is 1.67 bits per heavy atom. The smallest absolute Gasteiger partial charge is 0.229 e. The highest BCUT2D eigenvalue weighted by molar-refractivity contribution is 6.02. The molecule has 1 aromatic carbocycles. The number of aromatic nitrogens is 1. The first-order valence-electron chi connectivity index (χ1n) is 9.83. The standard InChI is InChI=1S/C21H23N3O3/c25-19-7-8-20(26)24(19)16-10-14-5-6-15(11-16)23(14)21(27)9-13-12-22-18-4-2-1-3-17(13)18/h1-4,12,14-16,22H,5-11H2. The van der Waals surface area contributed by atoms with Gasteiger partial charge < -0.3 is 9.88 Å². The monoisotopic (exact) mass is 365 g/mol. The van der Waals surface area contributed by atoms with E-state index >= 15 is 0 Å². The third-order valence-corrected chi connectivity index (χ3v) is 6.47. The second kappa shape index (κ2) is 6.22. The first-order chi connectivity index (χ1) is 13.1. The maximum Gasteiger partial charge on any atom is 0.229 e. The van der Waals surface area contributed by atoms with Crippen LogP contribution in [-0.4, -0.2) is 50.6 Å². The number of para-hydroxylation sites is 1. The molecule has 6 heteroatoms. The van der Waals surface area contributed by atoms with Crippen molar-refractivity contribution in [3.8, 4) is 0 Å². The molecule has 0 saturated carbocycles. The number of amides is 3. The number of hydrogen-bond donors (Lipinski definition) is 1. The highest BCUT2D eigenvalue weighted by Crippen LogP contribution is 2.39. The van der Waals surface area contributed by atoms with E-state index < -0.39 is 0 Å². The van der Waals surface area contributed by atoms with Crippen LogP contribution in [0.25, 0.3) is 10.9 Å². The van der Waals surface area contributed by atoms with E-state index in [1.807, 2.05) is 35.4 Å². The van der Waals surface area contributed by atoms with Gasteiger partial charge in [0.25, 0.3) is 0 Å². The number of nitrogens with one attached hydrogen (secondary N) is 1. The average molecular weight is 365 g/mol. The van der Waals surface area contributed by atoms with E-state index in [2.05, 4.69) is 4.98 Å². The van der Waals surface area contributed by atoms with Gasteiger partial charge in [0.05, 0.1) is 6.42 Å². The molecule has 3 fully saturated rings. The van der Waals surface area contributed by atoms with Gasteiger partial charge in [-0.15, -0.1) is 0 Å². The largest absolute Gasteiger partial charge is 0.361 e. The number of hydrogen-bond acceptors (Lipinski definition) is 3. The Balaban J connectivity index is 1.33. The van der Waals surface area contributed by atoms with Gasteiger partial charge in [0.1, 0.15) is 0 Å². The van der Waals surface area contributed by atoms with Crippen LogP contribution in [0, 0.1) is 0 Å². The van der Waals surface area contributed by atoms with Crippen LogP contribution < -0.4 is 0 Å². The van der Waals surface area contributed by atoms with Crippen LogP contribution in [0.1, 0.15) is 44.1 Å². The minimum absolute atomic E-state index is 0.0258. The molecule has 2 unspecified atom stereocenters. The molecule has 5 rings (SSSR count). The van der Waals surface area contributed by atoms with Crippen LogP contribution in [0.2, 0.25) is 0 Å². The number of aromatic amines is 1. The molecule has 2 atom stereocenters.